The third-order valence-electron chi connectivity index (χ3n) is 5.88. The Hall–Kier alpha value is -4.11. The van der Waals surface area contributed by atoms with E-state index in [0.717, 1.165) is 16.8 Å². The lowest BCUT2D eigenvalue weighted by Gasteiger charge is -2.19. The topological polar surface area (TPSA) is 90.6 Å². The van der Waals surface area contributed by atoms with Crippen LogP contribution in [0, 0.1) is 0 Å². The van der Waals surface area contributed by atoms with Crippen molar-refractivity contribution in [3.63, 3.8) is 0 Å². The van der Waals surface area contributed by atoms with Gasteiger partial charge in [0.1, 0.15) is 0 Å². The van der Waals surface area contributed by atoms with E-state index in [1.807, 2.05) is 54.0 Å². The molecular weight excluding hydrogens is 510 g/mol. The lowest BCUT2D eigenvalue weighted by atomic mass is 9.87. The van der Waals surface area contributed by atoms with Gasteiger partial charge in [-0.3, -0.25) is 9.36 Å². The van der Waals surface area contributed by atoms with Crippen LogP contribution in [0.1, 0.15) is 38.8 Å². The predicted octanol–water partition coefficient (Wildman–Crippen LogP) is 5.88. The number of carbonyl (C=O) groups is 1. The number of hydrogen-bond acceptors (Lipinski definition) is 7. The quantitative estimate of drug-likeness (QED) is 0.153. The number of ether oxygens (including phenoxy) is 2. The van der Waals surface area contributed by atoms with Crippen LogP contribution in [0.5, 0.6) is 11.5 Å². The summed E-state index contributed by atoms with van der Waals surface area (Å²) in [6.07, 6.45) is 1.56. The molecular formula is C30H33N5O3S. The molecule has 39 heavy (non-hydrogen) atoms. The summed E-state index contributed by atoms with van der Waals surface area (Å²) in [4.78, 5) is 12.6. The number of aromatic nitrogens is 3. The zero-order chi connectivity index (χ0) is 27.8. The second-order valence-corrected chi connectivity index (χ2v) is 10.7. The van der Waals surface area contributed by atoms with Gasteiger partial charge < -0.3 is 9.47 Å². The highest BCUT2D eigenvalue weighted by atomic mass is 32.2. The van der Waals surface area contributed by atoms with E-state index in [2.05, 4.69) is 65.8 Å². The molecule has 9 heteroatoms. The van der Waals surface area contributed by atoms with E-state index >= 15 is 0 Å². The zero-order valence-corrected chi connectivity index (χ0v) is 23.7. The van der Waals surface area contributed by atoms with Gasteiger partial charge in [0.25, 0.3) is 5.91 Å². The first kappa shape index (κ1) is 27.9. The molecule has 202 valence electrons. The van der Waals surface area contributed by atoms with Crippen LogP contribution in [-0.4, -0.2) is 46.4 Å². The molecule has 0 fully saturated rings. The number of hydrazone groups is 1. The van der Waals surface area contributed by atoms with Crippen LogP contribution in [0.4, 0.5) is 0 Å². The summed E-state index contributed by atoms with van der Waals surface area (Å²) in [5.41, 5.74) is 6.52. The Labute approximate surface area is 233 Å². The summed E-state index contributed by atoms with van der Waals surface area (Å²) >= 11 is 1.30. The highest BCUT2D eigenvalue weighted by molar-refractivity contribution is 7.99. The van der Waals surface area contributed by atoms with E-state index in [4.69, 9.17) is 9.47 Å². The lowest BCUT2D eigenvalue weighted by Crippen LogP contribution is -2.20. The third-order valence-corrected chi connectivity index (χ3v) is 6.81. The van der Waals surface area contributed by atoms with Crippen LogP contribution in [0.25, 0.3) is 17.1 Å². The van der Waals surface area contributed by atoms with Crippen molar-refractivity contribution in [3.05, 3.63) is 83.9 Å². The normalized spacial score (nSPS) is 11.5. The second kappa shape index (κ2) is 12.6. The van der Waals surface area contributed by atoms with E-state index in [9.17, 15) is 4.79 Å². The van der Waals surface area contributed by atoms with Gasteiger partial charge in [-0.2, -0.15) is 5.10 Å². The summed E-state index contributed by atoms with van der Waals surface area (Å²) in [5, 5.41) is 13.6. The minimum absolute atomic E-state index is 0.0570. The van der Waals surface area contributed by atoms with Crippen LogP contribution in [-0.2, 0) is 10.2 Å². The number of para-hydroxylation sites is 1. The molecule has 0 saturated heterocycles. The first-order valence-electron chi connectivity index (χ1n) is 12.7. The van der Waals surface area contributed by atoms with Crippen molar-refractivity contribution in [1.29, 1.82) is 0 Å². The minimum atomic E-state index is -0.257. The molecule has 4 rings (SSSR count). The van der Waals surface area contributed by atoms with Crippen molar-refractivity contribution in [2.24, 2.45) is 5.10 Å². The fourth-order valence-corrected chi connectivity index (χ4v) is 4.60. The van der Waals surface area contributed by atoms with Crippen molar-refractivity contribution in [3.8, 4) is 28.6 Å². The summed E-state index contributed by atoms with van der Waals surface area (Å²) in [6, 6.07) is 23.7. The highest BCUT2D eigenvalue weighted by Gasteiger charge is 2.19. The number of rotatable bonds is 10. The molecule has 0 aliphatic heterocycles. The second-order valence-electron chi connectivity index (χ2n) is 9.73. The maximum atomic E-state index is 12.6. The molecule has 0 aliphatic rings. The molecule has 1 N–H and O–H groups in total. The number of methoxy groups -OCH3 is 1. The fraction of sp³-hybridized carbons (Fsp3) is 0.267. The molecule has 1 amide bonds. The maximum absolute atomic E-state index is 12.6. The van der Waals surface area contributed by atoms with Crippen LogP contribution in [0.3, 0.4) is 0 Å². The zero-order valence-electron chi connectivity index (χ0n) is 22.8. The van der Waals surface area contributed by atoms with Crippen molar-refractivity contribution in [2.75, 3.05) is 19.5 Å². The maximum Gasteiger partial charge on any atom is 0.250 e. The van der Waals surface area contributed by atoms with Gasteiger partial charge in [0.05, 0.1) is 25.7 Å². The van der Waals surface area contributed by atoms with E-state index < -0.39 is 0 Å². The Morgan fingerprint density at radius 2 is 1.77 bits per heavy atom. The van der Waals surface area contributed by atoms with Crippen molar-refractivity contribution < 1.29 is 14.3 Å². The summed E-state index contributed by atoms with van der Waals surface area (Å²) in [6.45, 7) is 9.02. The fourth-order valence-electron chi connectivity index (χ4n) is 3.86. The SMILES string of the molecule is CCOc1ccc(C=NNC(=O)CSc2nnc(-c3ccc(C(C)(C)C)cc3)n2-c2ccccc2)cc1OC. The molecule has 3 aromatic carbocycles. The monoisotopic (exact) mass is 543 g/mol. The Morgan fingerprint density at radius 3 is 2.44 bits per heavy atom. The number of thioether (sulfide) groups is 1. The number of benzene rings is 3. The first-order chi connectivity index (χ1) is 18.8. The number of carbonyl (C=O) groups excluding carboxylic acids is 1. The molecule has 0 bridgehead atoms. The average molecular weight is 544 g/mol. The third kappa shape index (κ3) is 7.06. The summed E-state index contributed by atoms with van der Waals surface area (Å²) in [7, 11) is 1.58. The summed E-state index contributed by atoms with van der Waals surface area (Å²) < 4.78 is 12.9. The Kier molecular flexibility index (Phi) is 9.03. The van der Waals surface area contributed by atoms with Crippen LogP contribution >= 0.6 is 11.8 Å². The number of nitrogens with one attached hydrogen (secondary N) is 1. The highest BCUT2D eigenvalue weighted by Crippen LogP contribution is 2.30. The molecule has 0 spiro atoms. The molecule has 0 aliphatic carbocycles. The van der Waals surface area contributed by atoms with Crippen molar-refractivity contribution in [2.45, 2.75) is 38.3 Å². The molecule has 0 radical (unpaired) electrons. The van der Waals surface area contributed by atoms with Crippen LogP contribution in [0.15, 0.2) is 83.1 Å². The number of amides is 1. The molecule has 0 unspecified atom stereocenters. The average Bonchev–Trinajstić information content (AvgIpc) is 3.37. The Bertz CT molecular complexity index is 1430. The van der Waals surface area contributed by atoms with Gasteiger partial charge in [-0.1, -0.05) is 75.0 Å². The molecule has 0 atom stereocenters. The largest absolute Gasteiger partial charge is 0.493 e. The van der Waals surface area contributed by atoms with Gasteiger partial charge in [-0.15, -0.1) is 10.2 Å². The van der Waals surface area contributed by atoms with Gasteiger partial charge in [0.2, 0.25) is 0 Å². The Morgan fingerprint density at radius 1 is 1.03 bits per heavy atom. The lowest BCUT2D eigenvalue weighted by molar-refractivity contribution is -0.118. The van der Waals surface area contributed by atoms with Crippen LogP contribution < -0.4 is 14.9 Å². The first-order valence-corrected chi connectivity index (χ1v) is 13.7. The molecule has 0 saturated carbocycles. The Balaban J connectivity index is 1.47. The summed E-state index contributed by atoms with van der Waals surface area (Å²) in [5.74, 6) is 1.84. The van der Waals surface area contributed by atoms with Gasteiger partial charge in [-0.05, 0) is 53.8 Å². The van der Waals surface area contributed by atoms with Gasteiger partial charge >= 0.3 is 0 Å². The van der Waals surface area contributed by atoms with Gasteiger partial charge in [-0.25, -0.2) is 5.43 Å². The van der Waals surface area contributed by atoms with Gasteiger partial charge in [0, 0.05) is 11.3 Å². The minimum Gasteiger partial charge on any atom is -0.493 e. The van der Waals surface area contributed by atoms with E-state index in [-0.39, 0.29) is 17.1 Å². The molecule has 1 heterocycles. The predicted molar refractivity (Wildman–Crippen MR) is 156 cm³/mol. The standard InChI is InChI=1S/C30H33N5O3S/c1-6-38-25-17-12-21(18-26(25)37-5)19-31-32-27(36)20-39-29-34-33-28(35(29)24-10-8-7-9-11-24)22-13-15-23(16-14-22)30(2,3)4/h7-19H,6,20H2,1-5H3,(H,32,36). The van der Waals surface area contributed by atoms with Crippen molar-refractivity contribution in [1.82, 2.24) is 20.2 Å². The van der Waals surface area contributed by atoms with E-state index in [1.165, 1.54) is 17.3 Å². The van der Waals surface area contributed by atoms with E-state index in [0.29, 0.717) is 29.1 Å². The number of nitrogens with zero attached hydrogens (tertiary/aromatic N) is 4. The van der Waals surface area contributed by atoms with Gasteiger partial charge in [0.15, 0.2) is 22.5 Å². The number of hydrogen-bond donors (Lipinski definition) is 1. The van der Waals surface area contributed by atoms with Crippen molar-refractivity contribution >= 4 is 23.9 Å². The van der Waals surface area contributed by atoms with Crippen LogP contribution in [0.2, 0.25) is 0 Å². The smallest absolute Gasteiger partial charge is 0.250 e. The van der Waals surface area contributed by atoms with E-state index in [1.54, 1.807) is 19.4 Å². The molecule has 1 aromatic heterocycles. The molecule has 4 aromatic rings. The molecule has 8 nitrogen and oxygen atoms in total.